The Hall–Kier alpha value is -0.900. The normalized spacial score (nSPS) is 30.6. The first-order chi connectivity index (χ1) is 10.1. The largest absolute Gasteiger partial charge is 0.394 e. The average molecular weight is 289 g/mol. The lowest BCUT2D eigenvalue weighted by atomic mass is 9.75. The van der Waals surface area contributed by atoms with Crippen LogP contribution in [-0.4, -0.2) is 35.3 Å². The van der Waals surface area contributed by atoms with Crippen LogP contribution in [0, 0.1) is 5.41 Å². The molecule has 1 heterocycles. The molecule has 3 rings (SSSR count). The van der Waals surface area contributed by atoms with Crippen LogP contribution in [0.5, 0.6) is 0 Å². The minimum absolute atomic E-state index is 0.00885. The van der Waals surface area contributed by atoms with Crippen molar-refractivity contribution in [1.29, 1.82) is 0 Å². The first-order valence-electron chi connectivity index (χ1n) is 8.16. The first-order valence-corrected chi connectivity index (χ1v) is 8.16. The molecule has 0 unspecified atom stereocenters. The van der Waals surface area contributed by atoms with Gasteiger partial charge in [0.05, 0.1) is 12.7 Å². The molecule has 116 valence electrons. The highest BCUT2D eigenvalue weighted by molar-refractivity contribution is 5.18. The van der Waals surface area contributed by atoms with E-state index in [1.165, 1.54) is 31.2 Å². The molecule has 0 bridgehead atoms. The molecule has 1 aliphatic carbocycles. The summed E-state index contributed by atoms with van der Waals surface area (Å²) in [5, 5.41) is 9.48. The number of hydrogen-bond acceptors (Lipinski definition) is 3. The molecule has 21 heavy (non-hydrogen) atoms. The van der Waals surface area contributed by atoms with Gasteiger partial charge in [-0.1, -0.05) is 44.2 Å². The lowest BCUT2D eigenvalue weighted by Gasteiger charge is -2.40. The summed E-state index contributed by atoms with van der Waals surface area (Å²) in [5.41, 5.74) is 1.69. The summed E-state index contributed by atoms with van der Waals surface area (Å²) in [4.78, 5) is 2.48. The molecule has 2 atom stereocenters. The zero-order chi connectivity index (χ0) is 14.9. The van der Waals surface area contributed by atoms with Crippen molar-refractivity contribution in [2.75, 3.05) is 13.2 Å². The van der Waals surface area contributed by atoms with E-state index in [9.17, 15) is 5.11 Å². The third-order valence-corrected chi connectivity index (χ3v) is 5.10. The van der Waals surface area contributed by atoms with E-state index < -0.39 is 0 Å². The van der Waals surface area contributed by atoms with Gasteiger partial charge in [0.25, 0.3) is 0 Å². The van der Waals surface area contributed by atoms with Gasteiger partial charge in [-0.2, -0.15) is 0 Å². The molecule has 3 heteroatoms. The van der Waals surface area contributed by atoms with Crippen molar-refractivity contribution in [1.82, 2.24) is 4.90 Å². The Kier molecular flexibility index (Phi) is 4.34. The Morgan fingerprint density at radius 2 is 1.86 bits per heavy atom. The smallest absolute Gasteiger partial charge is 0.137 e. The number of nitrogens with zero attached hydrogens (tertiary/aromatic N) is 1. The molecule has 0 amide bonds. The van der Waals surface area contributed by atoms with Crippen LogP contribution >= 0.6 is 0 Å². The van der Waals surface area contributed by atoms with Gasteiger partial charge < -0.3 is 9.84 Å². The van der Waals surface area contributed by atoms with Gasteiger partial charge in [0.1, 0.15) is 6.23 Å². The summed E-state index contributed by atoms with van der Waals surface area (Å²) < 4.78 is 6.09. The summed E-state index contributed by atoms with van der Waals surface area (Å²) in [6.07, 6.45) is 4.98. The van der Waals surface area contributed by atoms with Crippen LogP contribution in [-0.2, 0) is 4.74 Å². The van der Waals surface area contributed by atoms with Gasteiger partial charge in [-0.05, 0) is 36.7 Å². The molecule has 1 aromatic rings. The van der Waals surface area contributed by atoms with E-state index in [0.29, 0.717) is 11.5 Å². The quantitative estimate of drug-likeness (QED) is 0.926. The van der Waals surface area contributed by atoms with Crippen LogP contribution in [0.2, 0.25) is 0 Å². The first kappa shape index (κ1) is 15.0. The van der Waals surface area contributed by atoms with E-state index in [0.717, 1.165) is 6.54 Å². The molecule has 1 N–H and O–H groups in total. The summed E-state index contributed by atoms with van der Waals surface area (Å²) in [6, 6.07) is 11.0. The molecular formula is C18H27NO2. The van der Waals surface area contributed by atoms with Crippen LogP contribution in [0.1, 0.15) is 51.3 Å². The van der Waals surface area contributed by atoms with Crippen LogP contribution < -0.4 is 0 Å². The maximum Gasteiger partial charge on any atom is 0.137 e. The van der Waals surface area contributed by atoms with Gasteiger partial charge in [-0.15, -0.1) is 0 Å². The summed E-state index contributed by atoms with van der Waals surface area (Å²) in [5.74, 6) is 0. The van der Waals surface area contributed by atoms with Gasteiger partial charge in [0.15, 0.2) is 0 Å². The standard InChI is InChI=1S/C18H27NO2/c1-18(2)10-8-15(9-11-18)19-12-16(13-20)21-17(19)14-6-4-3-5-7-14/h3-7,15-17,20H,8-13H2,1-2H3/t16-,17+/m0/s1. The topological polar surface area (TPSA) is 32.7 Å². The Balaban J connectivity index is 1.75. The van der Waals surface area contributed by atoms with Gasteiger partial charge in [0.2, 0.25) is 0 Å². The Morgan fingerprint density at radius 3 is 2.48 bits per heavy atom. The summed E-state index contributed by atoms with van der Waals surface area (Å²) >= 11 is 0. The predicted molar refractivity (Wildman–Crippen MR) is 83.9 cm³/mol. The van der Waals surface area contributed by atoms with Crippen LogP contribution in [0.25, 0.3) is 0 Å². The van der Waals surface area contributed by atoms with Crippen LogP contribution in [0.4, 0.5) is 0 Å². The number of benzene rings is 1. The van der Waals surface area contributed by atoms with E-state index >= 15 is 0 Å². The average Bonchev–Trinajstić information content (AvgIpc) is 2.92. The Labute approximate surface area is 127 Å². The monoisotopic (exact) mass is 289 g/mol. The summed E-state index contributed by atoms with van der Waals surface area (Å²) in [7, 11) is 0. The molecule has 1 saturated heterocycles. The van der Waals surface area contributed by atoms with E-state index in [4.69, 9.17) is 4.74 Å². The van der Waals surface area contributed by atoms with Gasteiger partial charge in [0, 0.05) is 12.6 Å². The lowest BCUT2D eigenvalue weighted by Crippen LogP contribution is -2.40. The fraction of sp³-hybridized carbons (Fsp3) is 0.667. The molecule has 0 radical (unpaired) electrons. The van der Waals surface area contributed by atoms with E-state index in [1.807, 2.05) is 6.07 Å². The molecule has 3 nitrogen and oxygen atoms in total. The highest BCUT2D eigenvalue weighted by Gasteiger charge is 2.40. The van der Waals surface area contributed by atoms with Gasteiger partial charge in [-0.25, -0.2) is 0 Å². The molecule has 1 saturated carbocycles. The zero-order valence-corrected chi connectivity index (χ0v) is 13.2. The molecule has 1 aromatic carbocycles. The van der Waals surface area contributed by atoms with Crippen molar-refractivity contribution in [2.45, 2.75) is 57.9 Å². The molecule has 0 aromatic heterocycles. The van der Waals surface area contributed by atoms with Crippen LogP contribution in [0.15, 0.2) is 30.3 Å². The van der Waals surface area contributed by atoms with Gasteiger partial charge >= 0.3 is 0 Å². The Bertz CT molecular complexity index is 450. The summed E-state index contributed by atoms with van der Waals surface area (Å²) in [6.45, 7) is 5.70. The lowest BCUT2D eigenvalue weighted by molar-refractivity contribution is -0.0384. The molecule has 2 fully saturated rings. The fourth-order valence-corrected chi connectivity index (χ4v) is 3.68. The third kappa shape index (κ3) is 3.31. The molecule has 2 aliphatic rings. The second-order valence-electron chi connectivity index (χ2n) is 7.30. The number of hydrogen-bond donors (Lipinski definition) is 1. The van der Waals surface area contributed by atoms with E-state index in [-0.39, 0.29) is 18.9 Å². The minimum atomic E-state index is -0.0508. The number of rotatable bonds is 3. The van der Waals surface area contributed by atoms with Gasteiger partial charge in [-0.3, -0.25) is 4.90 Å². The van der Waals surface area contributed by atoms with Crippen molar-refractivity contribution < 1.29 is 9.84 Å². The van der Waals surface area contributed by atoms with Crippen LogP contribution in [0.3, 0.4) is 0 Å². The zero-order valence-electron chi connectivity index (χ0n) is 13.2. The van der Waals surface area contributed by atoms with E-state index in [2.05, 4.69) is 43.0 Å². The number of aliphatic hydroxyl groups excluding tert-OH is 1. The highest BCUT2D eigenvalue weighted by atomic mass is 16.5. The van der Waals surface area contributed by atoms with Crippen molar-refractivity contribution >= 4 is 0 Å². The van der Waals surface area contributed by atoms with Crippen molar-refractivity contribution in [3.05, 3.63) is 35.9 Å². The molecule has 0 spiro atoms. The second-order valence-corrected chi connectivity index (χ2v) is 7.30. The second kappa shape index (κ2) is 6.07. The minimum Gasteiger partial charge on any atom is -0.394 e. The molecule has 1 aliphatic heterocycles. The number of ether oxygens (including phenoxy) is 1. The maximum absolute atomic E-state index is 9.48. The highest BCUT2D eigenvalue weighted by Crippen LogP contribution is 2.41. The van der Waals surface area contributed by atoms with Crippen molar-refractivity contribution in [2.24, 2.45) is 5.41 Å². The van der Waals surface area contributed by atoms with E-state index in [1.54, 1.807) is 0 Å². The fourth-order valence-electron chi connectivity index (χ4n) is 3.68. The van der Waals surface area contributed by atoms with Crippen molar-refractivity contribution in [3.8, 4) is 0 Å². The predicted octanol–water partition coefficient (Wildman–Crippen LogP) is 3.35. The maximum atomic E-state index is 9.48. The molecular weight excluding hydrogens is 262 g/mol. The third-order valence-electron chi connectivity index (χ3n) is 5.10. The number of aliphatic hydroxyl groups is 1. The Morgan fingerprint density at radius 1 is 1.19 bits per heavy atom. The van der Waals surface area contributed by atoms with Crippen molar-refractivity contribution in [3.63, 3.8) is 0 Å². The SMILES string of the molecule is CC1(C)CCC(N2C[C@@H](CO)O[C@@H]2c2ccccc2)CC1.